The Morgan fingerprint density at radius 1 is 1.44 bits per heavy atom. The number of hydrogen-bond donors (Lipinski definition) is 1. The molecule has 18 heavy (non-hydrogen) atoms. The van der Waals surface area contributed by atoms with Gasteiger partial charge in [-0.05, 0) is 34.1 Å². The highest BCUT2D eigenvalue weighted by Gasteiger charge is 2.13. The maximum atomic E-state index is 12.0. The summed E-state index contributed by atoms with van der Waals surface area (Å²) in [5.74, 6) is -0.233. The maximum absolute atomic E-state index is 12.0. The van der Waals surface area contributed by atoms with Crippen molar-refractivity contribution >= 4 is 39.3 Å². The summed E-state index contributed by atoms with van der Waals surface area (Å²) in [6.07, 6.45) is 0.285. The summed E-state index contributed by atoms with van der Waals surface area (Å²) in [5, 5.41) is 3.07. The normalized spacial score (nSPS) is 10.0. The molecular formula is C12H14BrClN2O2. The lowest BCUT2D eigenvalue weighted by atomic mass is 10.2. The van der Waals surface area contributed by atoms with E-state index in [1.165, 1.54) is 4.90 Å². The number of halogens is 2. The van der Waals surface area contributed by atoms with Crippen molar-refractivity contribution in [2.45, 2.75) is 6.42 Å². The third-order valence-corrected chi connectivity index (χ3v) is 3.68. The summed E-state index contributed by atoms with van der Waals surface area (Å²) in [4.78, 5) is 24.6. The van der Waals surface area contributed by atoms with E-state index in [1.807, 2.05) is 0 Å². The van der Waals surface area contributed by atoms with Gasteiger partial charge in [0.2, 0.25) is 5.91 Å². The van der Waals surface area contributed by atoms with Crippen LogP contribution in [0.5, 0.6) is 0 Å². The molecule has 0 aromatic heterocycles. The zero-order chi connectivity index (χ0) is 13.7. The van der Waals surface area contributed by atoms with Crippen LogP contribution < -0.4 is 5.32 Å². The first kappa shape index (κ1) is 15.0. The molecule has 1 N–H and O–H groups in total. The number of nitrogens with one attached hydrogen (secondary N) is 1. The molecule has 0 unspecified atom stereocenters. The van der Waals surface area contributed by atoms with Crippen molar-refractivity contribution < 1.29 is 9.59 Å². The first-order valence-electron chi connectivity index (χ1n) is 5.36. The highest BCUT2D eigenvalue weighted by molar-refractivity contribution is 9.10. The molecule has 6 heteroatoms. The fourth-order valence-corrected chi connectivity index (χ4v) is 1.84. The van der Waals surface area contributed by atoms with E-state index in [-0.39, 0.29) is 18.2 Å². The van der Waals surface area contributed by atoms with Crippen molar-refractivity contribution in [3.63, 3.8) is 0 Å². The minimum atomic E-state index is -0.142. The maximum Gasteiger partial charge on any atom is 0.253 e. The van der Waals surface area contributed by atoms with Gasteiger partial charge in [0.15, 0.2) is 0 Å². The number of benzene rings is 1. The lowest BCUT2D eigenvalue weighted by Crippen LogP contribution is -2.31. The van der Waals surface area contributed by atoms with Crippen LogP contribution in [-0.2, 0) is 4.79 Å². The molecule has 0 heterocycles. The average molecular weight is 334 g/mol. The first-order valence-corrected chi connectivity index (χ1v) is 6.54. The van der Waals surface area contributed by atoms with Gasteiger partial charge in [-0.2, -0.15) is 0 Å². The summed E-state index contributed by atoms with van der Waals surface area (Å²) in [5.41, 5.74) is 0.533. The Balaban J connectivity index is 2.68. The number of carbonyl (C=O) groups excluding carboxylic acids is 2. The van der Waals surface area contributed by atoms with Gasteiger partial charge in [0, 0.05) is 37.1 Å². The Hall–Kier alpha value is -1.07. The smallest absolute Gasteiger partial charge is 0.253 e. The summed E-state index contributed by atoms with van der Waals surface area (Å²) >= 11 is 9.13. The average Bonchev–Trinajstić information content (AvgIpc) is 2.37. The summed E-state index contributed by atoms with van der Waals surface area (Å²) in [6, 6.07) is 4.98. The molecule has 98 valence electrons. The molecule has 0 bridgehead atoms. The molecule has 1 aromatic carbocycles. The Morgan fingerprint density at radius 2 is 2.11 bits per heavy atom. The molecule has 0 spiro atoms. The monoisotopic (exact) mass is 332 g/mol. The second kappa shape index (κ2) is 6.75. The SMILES string of the molecule is CNC(=O)CCN(C)C(=O)c1ccc(Cl)c(Br)c1. The molecule has 4 nitrogen and oxygen atoms in total. The predicted octanol–water partition coefficient (Wildman–Crippen LogP) is 2.31. The van der Waals surface area contributed by atoms with Crippen molar-refractivity contribution in [1.29, 1.82) is 0 Å². The quantitative estimate of drug-likeness (QED) is 0.919. The van der Waals surface area contributed by atoms with Crippen LogP contribution in [0.3, 0.4) is 0 Å². The van der Waals surface area contributed by atoms with Crippen molar-refractivity contribution in [3.8, 4) is 0 Å². The van der Waals surface area contributed by atoms with Gasteiger partial charge in [-0.1, -0.05) is 11.6 Å². The van der Waals surface area contributed by atoms with E-state index in [0.29, 0.717) is 21.6 Å². The second-order valence-electron chi connectivity index (χ2n) is 3.78. The van der Waals surface area contributed by atoms with Crippen LogP contribution in [0.2, 0.25) is 5.02 Å². The van der Waals surface area contributed by atoms with Gasteiger partial charge < -0.3 is 10.2 Å². The minimum Gasteiger partial charge on any atom is -0.359 e. The van der Waals surface area contributed by atoms with Gasteiger partial charge in [-0.15, -0.1) is 0 Å². The Kier molecular flexibility index (Phi) is 5.62. The molecular weight excluding hydrogens is 320 g/mol. The molecule has 1 rings (SSSR count). The number of hydrogen-bond acceptors (Lipinski definition) is 2. The van der Waals surface area contributed by atoms with Crippen LogP contribution in [0.4, 0.5) is 0 Å². The Morgan fingerprint density at radius 3 is 2.67 bits per heavy atom. The van der Waals surface area contributed by atoms with Crippen molar-refractivity contribution in [2.75, 3.05) is 20.6 Å². The van der Waals surface area contributed by atoms with Crippen LogP contribution in [0.25, 0.3) is 0 Å². The predicted molar refractivity (Wildman–Crippen MR) is 74.8 cm³/mol. The van der Waals surface area contributed by atoms with Gasteiger partial charge in [-0.25, -0.2) is 0 Å². The highest BCUT2D eigenvalue weighted by Crippen LogP contribution is 2.23. The highest BCUT2D eigenvalue weighted by atomic mass is 79.9. The molecule has 0 saturated heterocycles. The van der Waals surface area contributed by atoms with Crippen molar-refractivity contribution in [3.05, 3.63) is 33.3 Å². The summed E-state index contributed by atoms with van der Waals surface area (Å²) < 4.78 is 0.676. The molecule has 2 amide bonds. The fraction of sp³-hybridized carbons (Fsp3) is 0.333. The third-order valence-electron chi connectivity index (χ3n) is 2.47. The molecule has 0 aliphatic rings. The second-order valence-corrected chi connectivity index (χ2v) is 5.04. The molecule has 0 aliphatic heterocycles. The Labute approximate surface area is 119 Å². The van der Waals surface area contributed by atoms with E-state index in [4.69, 9.17) is 11.6 Å². The van der Waals surface area contributed by atoms with E-state index >= 15 is 0 Å². The third kappa shape index (κ3) is 3.99. The zero-order valence-corrected chi connectivity index (χ0v) is 12.5. The van der Waals surface area contributed by atoms with E-state index < -0.39 is 0 Å². The number of nitrogens with zero attached hydrogens (tertiary/aromatic N) is 1. The number of rotatable bonds is 4. The topological polar surface area (TPSA) is 49.4 Å². The fourth-order valence-electron chi connectivity index (χ4n) is 1.35. The molecule has 0 fully saturated rings. The number of carbonyl (C=O) groups is 2. The van der Waals surface area contributed by atoms with Crippen LogP contribution in [0.15, 0.2) is 22.7 Å². The van der Waals surface area contributed by atoms with E-state index in [0.717, 1.165) is 0 Å². The Bertz CT molecular complexity index is 465. The minimum absolute atomic E-state index is 0.0908. The van der Waals surface area contributed by atoms with Gasteiger partial charge in [-0.3, -0.25) is 9.59 Å². The van der Waals surface area contributed by atoms with E-state index in [2.05, 4.69) is 21.2 Å². The number of amides is 2. The van der Waals surface area contributed by atoms with E-state index in [9.17, 15) is 9.59 Å². The lowest BCUT2D eigenvalue weighted by Gasteiger charge is -2.17. The molecule has 0 radical (unpaired) electrons. The summed E-state index contributed by atoms with van der Waals surface area (Å²) in [7, 11) is 3.23. The summed E-state index contributed by atoms with van der Waals surface area (Å²) in [6.45, 7) is 0.374. The van der Waals surface area contributed by atoms with Gasteiger partial charge in [0.25, 0.3) is 5.91 Å². The van der Waals surface area contributed by atoms with Gasteiger partial charge in [0.1, 0.15) is 0 Å². The van der Waals surface area contributed by atoms with E-state index in [1.54, 1.807) is 32.3 Å². The first-order chi connectivity index (χ1) is 8.45. The van der Waals surface area contributed by atoms with Gasteiger partial charge >= 0.3 is 0 Å². The molecule has 1 aromatic rings. The molecule has 0 saturated carbocycles. The van der Waals surface area contributed by atoms with Crippen LogP contribution in [0, 0.1) is 0 Å². The van der Waals surface area contributed by atoms with Crippen LogP contribution >= 0.6 is 27.5 Å². The van der Waals surface area contributed by atoms with Gasteiger partial charge in [0.05, 0.1) is 5.02 Å². The molecule has 0 atom stereocenters. The molecule has 0 aliphatic carbocycles. The van der Waals surface area contributed by atoms with Crippen molar-refractivity contribution in [1.82, 2.24) is 10.2 Å². The van der Waals surface area contributed by atoms with Crippen molar-refractivity contribution in [2.24, 2.45) is 0 Å². The zero-order valence-electron chi connectivity index (χ0n) is 10.2. The van der Waals surface area contributed by atoms with Crippen LogP contribution in [-0.4, -0.2) is 37.4 Å². The lowest BCUT2D eigenvalue weighted by molar-refractivity contribution is -0.120. The van der Waals surface area contributed by atoms with Crippen LogP contribution in [0.1, 0.15) is 16.8 Å². The standard InChI is InChI=1S/C12H14BrClN2O2/c1-15-11(17)5-6-16(2)12(18)8-3-4-10(14)9(13)7-8/h3-4,7H,5-6H2,1-2H3,(H,15,17). The largest absolute Gasteiger partial charge is 0.359 e.